The number of hydrogen-bond acceptors (Lipinski definition) is 1. The number of pyridine rings is 1. The van der Waals surface area contributed by atoms with Crippen LogP contribution in [0.1, 0.15) is 42.3 Å². The number of aromatic nitrogens is 1. The minimum Gasteiger partial charge on any atom is -0.258 e. The standard InChI is InChI=1S/C11H17N/c1-7(2)11-6-8(3)9(4)10(5)12-11/h6-7H,1-5H3. The van der Waals surface area contributed by atoms with Gasteiger partial charge in [-0.3, -0.25) is 4.98 Å². The third kappa shape index (κ3) is 1.66. The number of nitrogens with zero attached hydrogens (tertiary/aromatic N) is 1. The second-order valence-electron chi connectivity index (χ2n) is 3.73. The first-order valence-corrected chi connectivity index (χ1v) is 4.47. The zero-order valence-corrected chi connectivity index (χ0v) is 8.60. The van der Waals surface area contributed by atoms with Crippen LogP contribution in [0.2, 0.25) is 0 Å². The van der Waals surface area contributed by atoms with Gasteiger partial charge in [0.25, 0.3) is 0 Å². The van der Waals surface area contributed by atoms with Crippen LogP contribution in [0, 0.1) is 20.8 Å². The lowest BCUT2D eigenvalue weighted by Crippen LogP contribution is -1.98. The van der Waals surface area contributed by atoms with Crippen LogP contribution in [-0.4, -0.2) is 4.98 Å². The van der Waals surface area contributed by atoms with Crippen LogP contribution in [-0.2, 0) is 0 Å². The fraction of sp³-hybridized carbons (Fsp3) is 0.545. The van der Waals surface area contributed by atoms with Gasteiger partial charge in [0.2, 0.25) is 0 Å². The summed E-state index contributed by atoms with van der Waals surface area (Å²) in [4.78, 5) is 4.53. The van der Waals surface area contributed by atoms with Crippen molar-refractivity contribution in [2.45, 2.75) is 40.5 Å². The van der Waals surface area contributed by atoms with Crippen molar-refractivity contribution in [3.8, 4) is 0 Å². The summed E-state index contributed by atoms with van der Waals surface area (Å²) >= 11 is 0. The molecule has 0 aliphatic rings. The third-order valence-corrected chi connectivity index (χ3v) is 2.39. The Morgan fingerprint density at radius 2 is 1.75 bits per heavy atom. The van der Waals surface area contributed by atoms with Crippen LogP contribution < -0.4 is 0 Å². The Kier molecular flexibility index (Phi) is 2.51. The molecule has 1 rings (SSSR count). The molecule has 0 saturated heterocycles. The molecule has 0 fully saturated rings. The molecule has 1 aromatic heterocycles. The van der Waals surface area contributed by atoms with Crippen molar-refractivity contribution in [2.75, 3.05) is 0 Å². The molecule has 1 heterocycles. The Labute approximate surface area is 74.8 Å². The fourth-order valence-electron chi connectivity index (χ4n) is 1.22. The lowest BCUT2D eigenvalue weighted by molar-refractivity contribution is 0.809. The minimum absolute atomic E-state index is 0.531. The lowest BCUT2D eigenvalue weighted by atomic mass is 10.0. The van der Waals surface area contributed by atoms with Gasteiger partial charge in [-0.15, -0.1) is 0 Å². The number of hydrogen-bond donors (Lipinski definition) is 0. The molecule has 66 valence electrons. The summed E-state index contributed by atoms with van der Waals surface area (Å²) in [6.45, 7) is 10.7. The van der Waals surface area contributed by atoms with E-state index in [1.165, 1.54) is 22.5 Å². The molecule has 1 heteroatoms. The van der Waals surface area contributed by atoms with Gasteiger partial charge in [-0.1, -0.05) is 13.8 Å². The van der Waals surface area contributed by atoms with Crippen molar-refractivity contribution in [2.24, 2.45) is 0 Å². The maximum absolute atomic E-state index is 4.53. The molecule has 0 atom stereocenters. The van der Waals surface area contributed by atoms with E-state index < -0.39 is 0 Å². The molecule has 0 N–H and O–H groups in total. The van der Waals surface area contributed by atoms with Gasteiger partial charge in [0, 0.05) is 11.4 Å². The van der Waals surface area contributed by atoms with Crippen molar-refractivity contribution < 1.29 is 0 Å². The predicted molar refractivity (Wildman–Crippen MR) is 52.5 cm³/mol. The van der Waals surface area contributed by atoms with Gasteiger partial charge < -0.3 is 0 Å². The van der Waals surface area contributed by atoms with E-state index in [0.717, 1.165) is 0 Å². The van der Waals surface area contributed by atoms with Crippen LogP contribution in [0.25, 0.3) is 0 Å². The summed E-state index contributed by atoms with van der Waals surface area (Å²) in [5, 5.41) is 0. The highest BCUT2D eigenvalue weighted by atomic mass is 14.7. The van der Waals surface area contributed by atoms with Crippen molar-refractivity contribution in [1.29, 1.82) is 0 Å². The molecular formula is C11H17N. The van der Waals surface area contributed by atoms with Crippen molar-refractivity contribution >= 4 is 0 Å². The summed E-state index contributed by atoms with van der Waals surface area (Å²) in [6, 6.07) is 2.19. The third-order valence-electron chi connectivity index (χ3n) is 2.39. The molecular weight excluding hydrogens is 146 g/mol. The highest BCUT2D eigenvalue weighted by Gasteiger charge is 2.04. The van der Waals surface area contributed by atoms with Gasteiger partial charge in [0.05, 0.1) is 0 Å². The van der Waals surface area contributed by atoms with Gasteiger partial charge >= 0.3 is 0 Å². The molecule has 0 saturated carbocycles. The largest absolute Gasteiger partial charge is 0.258 e. The topological polar surface area (TPSA) is 12.9 Å². The van der Waals surface area contributed by atoms with Crippen molar-refractivity contribution in [3.63, 3.8) is 0 Å². The number of aryl methyl sites for hydroxylation is 2. The molecule has 0 amide bonds. The van der Waals surface area contributed by atoms with Crippen LogP contribution in [0.3, 0.4) is 0 Å². The lowest BCUT2D eigenvalue weighted by Gasteiger charge is -2.10. The molecule has 0 aliphatic carbocycles. The van der Waals surface area contributed by atoms with Crippen molar-refractivity contribution in [3.05, 3.63) is 28.6 Å². The molecule has 0 radical (unpaired) electrons. The minimum atomic E-state index is 0.531. The maximum Gasteiger partial charge on any atom is 0.0435 e. The van der Waals surface area contributed by atoms with Gasteiger partial charge in [-0.2, -0.15) is 0 Å². The summed E-state index contributed by atoms with van der Waals surface area (Å²) in [5.41, 5.74) is 5.04. The molecule has 0 spiro atoms. The van der Waals surface area contributed by atoms with Gasteiger partial charge in [-0.05, 0) is 43.9 Å². The van der Waals surface area contributed by atoms with Crippen LogP contribution in [0.4, 0.5) is 0 Å². The highest BCUT2D eigenvalue weighted by Crippen LogP contribution is 2.17. The summed E-state index contributed by atoms with van der Waals surface area (Å²) in [5.74, 6) is 0.531. The summed E-state index contributed by atoms with van der Waals surface area (Å²) < 4.78 is 0. The van der Waals surface area contributed by atoms with Crippen LogP contribution in [0.5, 0.6) is 0 Å². The Morgan fingerprint density at radius 3 is 2.17 bits per heavy atom. The van der Waals surface area contributed by atoms with E-state index in [2.05, 4.69) is 45.7 Å². The molecule has 0 aliphatic heterocycles. The summed E-state index contributed by atoms with van der Waals surface area (Å²) in [6.07, 6.45) is 0. The second kappa shape index (κ2) is 3.26. The van der Waals surface area contributed by atoms with Crippen LogP contribution in [0.15, 0.2) is 6.07 Å². The SMILES string of the molecule is Cc1cc(C(C)C)nc(C)c1C. The van der Waals surface area contributed by atoms with E-state index in [0.29, 0.717) is 5.92 Å². The van der Waals surface area contributed by atoms with Gasteiger partial charge in [0.1, 0.15) is 0 Å². The molecule has 1 aromatic rings. The van der Waals surface area contributed by atoms with Gasteiger partial charge in [0.15, 0.2) is 0 Å². The van der Waals surface area contributed by atoms with E-state index in [9.17, 15) is 0 Å². The first-order valence-electron chi connectivity index (χ1n) is 4.47. The molecule has 0 bridgehead atoms. The smallest absolute Gasteiger partial charge is 0.0435 e. The molecule has 0 unspecified atom stereocenters. The molecule has 0 aromatic carbocycles. The van der Waals surface area contributed by atoms with E-state index in [1.54, 1.807) is 0 Å². The monoisotopic (exact) mass is 163 g/mol. The average Bonchev–Trinajstić information content (AvgIpc) is 1.99. The van der Waals surface area contributed by atoms with E-state index in [-0.39, 0.29) is 0 Å². The fourth-order valence-corrected chi connectivity index (χ4v) is 1.22. The summed E-state index contributed by atoms with van der Waals surface area (Å²) in [7, 11) is 0. The number of rotatable bonds is 1. The zero-order chi connectivity index (χ0) is 9.30. The van der Waals surface area contributed by atoms with Gasteiger partial charge in [-0.25, -0.2) is 0 Å². The maximum atomic E-state index is 4.53. The first-order chi connectivity index (χ1) is 5.52. The molecule has 1 nitrogen and oxygen atoms in total. The normalized spacial score (nSPS) is 10.8. The van der Waals surface area contributed by atoms with E-state index in [4.69, 9.17) is 0 Å². The van der Waals surface area contributed by atoms with Crippen molar-refractivity contribution in [1.82, 2.24) is 4.98 Å². The Balaban J connectivity index is 3.21. The Morgan fingerprint density at radius 1 is 1.17 bits per heavy atom. The average molecular weight is 163 g/mol. The van der Waals surface area contributed by atoms with E-state index in [1.807, 2.05) is 0 Å². The van der Waals surface area contributed by atoms with E-state index >= 15 is 0 Å². The Bertz CT molecular complexity index is 264. The Hall–Kier alpha value is -0.850. The second-order valence-corrected chi connectivity index (χ2v) is 3.73. The quantitative estimate of drug-likeness (QED) is 0.619. The highest BCUT2D eigenvalue weighted by molar-refractivity contribution is 5.30. The first kappa shape index (κ1) is 9.24. The predicted octanol–water partition coefficient (Wildman–Crippen LogP) is 3.13. The zero-order valence-electron chi connectivity index (χ0n) is 8.60. The van der Waals surface area contributed by atoms with Crippen LogP contribution >= 0.6 is 0 Å². The molecule has 12 heavy (non-hydrogen) atoms.